The molecule has 0 unspecified atom stereocenters. The van der Waals surface area contributed by atoms with Gasteiger partial charge >= 0.3 is 0 Å². The van der Waals surface area contributed by atoms with Gasteiger partial charge in [-0.1, -0.05) is 17.7 Å². The normalized spacial score (nSPS) is 13.1. The minimum atomic E-state index is -0.320. The molecule has 1 heterocycles. The molecule has 1 aliphatic heterocycles. The Kier molecular flexibility index (Phi) is 4.57. The lowest BCUT2D eigenvalue weighted by molar-refractivity contribution is -0.123. The number of amides is 2. The van der Waals surface area contributed by atoms with Crippen LogP contribution >= 0.6 is 11.6 Å². The van der Waals surface area contributed by atoms with Crippen molar-refractivity contribution in [2.45, 2.75) is 0 Å². The Bertz CT molecular complexity index is 794. The van der Waals surface area contributed by atoms with Crippen LogP contribution < -0.4 is 19.7 Å². The van der Waals surface area contributed by atoms with Crippen molar-refractivity contribution < 1.29 is 19.1 Å². The summed E-state index contributed by atoms with van der Waals surface area (Å²) in [7, 11) is 1.55. The van der Waals surface area contributed by atoms with Crippen LogP contribution in [0.15, 0.2) is 42.5 Å². The third kappa shape index (κ3) is 3.44. The molecule has 0 radical (unpaired) electrons. The number of halogens is 1. The number of fused-ring (bicyclic) bond motifs is 1. The average Bonchev–Trinajstić information content (AvgIpc) is 2.57. The van der Waals surface area contributed by atoms with E-state index in [0.29, 0.717) is 27.9 Å². The molecular weight excluding hydrogens is 332 g/mol. The number of benzene rings is 2. The zero-order valence-corrected chi connectivity index (χ0v) is 13.7. The van der Waals surface area contributed by atoms with E-state index in [9.17, 15) is 9.59 Å². The van der Waals surface area contributed by atoms with E-state index in [0.717, 1.165) is 0 Å². The fraction of sp³-hybridized carbons (Fsp3) is 0.176. The molecule has 0 aromatic heterocycles. The quantitative estimate of drug-likeness (QED) is 0.924. The molecule has 0 saturated carbocycles. The maximum absolute atomic E-state index is 12.3. The van der Waals surface area contributed by atoms with Crippen molar-refractivity contribution in [3.05, 3.63) is 47.5 Å². The number of anilines is 2. The first kappa shape index (κ1) is 16.1. The third-order valence-corrected chi connectivity index (χ3v) is 3.76. The smallest absolute Gasteiger partial charge is 0.265 e. The fourth-order valence-electron chi connectivity index (χ4n) is 2.40. The highest BCUT2D eigenvalue weighted by atomic mass is 35.5. The maximum atomic E-state index is 12.3. The number of methoxy groups -OCH3 is 1. The molecule has 2 aromatic rings. The molecule has 2 aromatic carbocycles. The van der Waals surface area contributed by atoms with Gasteiger partial charge in [-0.15, -0.1) is 0 Å². The summed E-state index contributed by atoms with van der Waals surface area (Å²) < 4.78 is 10.5. The van der Waals surface area contributed by atoms with Crippen LogP contribution in [0.4, 0.5) is 11.4 Å². The number of ether oxygens (including phenoxy) is 2. The number of rotatable bonds is 4. The van der Waals surface area contributed by atoms with Crippen LogP contribution in [-0.2, 0) is 9.59 Å². The summed E-state index contributed by atoms with van der Waals surface area (Å²) in [5.74, 6) is 0.511. The number of carbonyl (C=O) groups excluding carboxylic acids is 2. The Hall–Kier alpha value is -2.73. The SMILES string of the molecule is COc1cccc(NC(=O)CN2C(=O)COc3cc(Cl)ccc32)c1. The molecule has 0 bridgehead atoms. The zero-order chi connectivity index (χ0) is 17.1. The highest BCUT2D eigenvalue weighted by Gasteiger charge is 2.27. The lowest BCUT2D eigenvalue weighted by Gasteiger charge is -2.28. The van der Waals surface area contributed by atoms with Crippen LogP contribution in [0.3, 0.4) is 0 Å². The number of hydrogen-bond acceptors (Lipinski definition) is 4. The van der Waals surface area contributed by atoms with Crippen molar-refractivity contribution >= 4 is 34.8 Å². The van der Waals surface area contributed by atoms with E-state index in [1.165, 1.54) is 4.90 Å². The van der Waals surface area contributed by atoms with Gasteiger partial charge in [0.25, 0.3) is 5.91 Å². The molecule has 0 spiro atoms. The molecule has 3 rings (SSSR count). The van der Waals surface area contributed by atoms with E-state index in [4.69, 9.17) is 21.1 Å². The summed E-state index contributed by atoms with van der Waals surface area (Å²) in [6.45, 7) is -0.242. The maximum Gasteiger partial charge on any atom is 0.265 e. The first-order valence-electron chi connectivity index (χ1n) is 7.23. The van der Waals surface area contributed by atoms with Crippen molar-refractivity contribution in [1.29, 1.82) is 0 Å². The summed E-state index contributed by atoms with van der Waals surface area (Å²) in [5.41, 5.74) is 1.12. The Morgan fingerprint density at radius 1 is 1.33 bits per heavy atom. The highest BCUT2D eigenvalue weighted by molar-refractivity contribution is 6.31. The van der Waals surface area contributed by atoms with E-state index in [2.05, 4.69) is 5.32 Å². The number of nitrogens with zero attached hydrogens (tertiary/aromatic N) is 1. The molecular formula is C17H15ClN2O4. The van der Waals surface area contributed by atoms with Crippen molar-refractivity contribution in [2.24, 2.45) is 0 Å². The van der Waals surface area contributed by atoms with Gasteiger partial charge in [0.05, 0.1) is 12.8 Å². The summed E-state index contributed by atoms with van der Waals surface area (Å²) in [6, 6.07) is 11.9. The first-order chi connectivity index (χ1) is 11.6. The molecule has 7 heteroatoms. The minimum Gasteiger partial charge on any atom is -0.497 e. The topological polar surface area (TPSA) is 67.9 Å². The minimum absolute atomic E-state index is 0.117. The van der Waals surface area contributed by atoms with Gasteiger partial charge in [0.1, 0.15) is 18.0 Å². The Labute approximate surface area is 143 Å². The van der Waals surface area contributed by atoms with Gasteiger partial charge in [0, 0.05) is 22.8 Å². The summed E-state index contributed by atoms with van der Waals surface area (Å²) in [4.78, 5) is 25.8. The van der Waals surface area contributed by atoms with Crippen LogP contribution in [0.25, 0.3) is 0 Å². The molecule has 1 aliphatic rings. The van der Waals surface area contributed by atoms with Gasteiger partial charge in [-0.3, -0.25) is 14.5 Å². The Morgan fingerprint density at radius 3 is 2.96 bits per heavy atom. The zero-order valence-electron chi connectivity index (χ0n) is 12.9. The van der Waals surface area contributed by atoms with Gasteiger partial charge in [-0.2, -0.15) is 0 Å². The number of carbonyl (C=O) groups is 2. The molecule has 0 aliphatic carbocycles. The van der Waals surface area contributed by atoms with Gasteiger partial charge in [-0.05, 0) is 24.3 Å². The van der Waals surface area contributed by atoms with Gasteiger partial charge in [-0.25, -0.2) is 0 Å². The van der Waals surface area contributed by atoms with Crippen LogP contribution in [0, 0.1) is 0 Å². The van der Waals surface area contributed by atoms with E-state index in [1.54, 1.807) is 49.6 Å². The van der Waals surface area contributed by atoms with Gasteiger partial charge < -0.3 is 14.8 Å². The van der Waals surface area contributed by atoms with Crippen LogP contribution in [-0.4, -0.2) is 32.1 Å². The second-order valence-corrected chi connectivity index (χ2v) is 5.60. The lowest BCUT2D eigenvalue weighted by atomic mass is 10.2. The van der Waals surface area contributed by atoms with E-state index < -0.39 is 0 Å². The molecule has 0 fully saturated rings. The van der Waals surface area contributed by atoms with E-state index in [-0.39, 0.29) is 25.0 Å². The summed E-state index contributed by atoms with van der Waals surface area (Å²) in [6.07, 6.45) is 0. The van der Waals surface area contributed by atoms with E-state index in [1.807, 2.05) is 0 Å². The number of nitrogens with one attached hydrogen (secondary N) is 1. The molecule has 24 heavy (non-hydrogen) atoms. The third-order valence-electron chi connectivity index (χ3n) is 3.52. The molecule has 0 saturated heterocycles. The van der Waals surface area contributed by atoms with Crippen LogP contribution in [0.2, 0.25) is 5.02 Å². The summed E-state index contributed by atoms with van der Waals surface area (Å²) in [5, 5.41) is 3.25. The van der Waals surface area contributed by atoms with Crippen molar-refractivity contribution in [3.8, 4) is 11.5 Å². The second-order valence-electron chi connectivity index (χ2n) is 5.16. The Balaban J connectivity index is 1.75. The van der Waals surface area contributed by atoms with Crippen molar-refractivity contribution in [3.63, 3.8) is 0 Å². The molecule has 1 N–H and O–H groups in total. The van der Waals surface area contributed by atoms with Crippen LogP contribution in [0.1, 0.15) is 0 Å². The molecule has 6 nitrogen and oxygen atoms in total. The number of hydrogen-bond donors (Lipinski definition) is 1. The first-order valence-corrected chi connectivity index (χ1v) is 7.61. The average molecular weight is 347 g/mol. The monoisotopic (exact) mass is 346 g/mol. The Morgan fingerprint density at radius 2 is 2.17 bits per heavy atom. The predicted molar refractivity (Wildman–Crippen MR) is 90.9 cm³/mol. The highest BCUT2D eigenvalue weighted by Crippen LogP contribution is 2.34. The standard InChI is InChI=1S/C17H15ClN2O4/c1-23-13-4-2-3-12(8-13)19-16(21)9-20-14-6-5-11(18)7-15(14)24-10-17(20)22/h2-8H,9-10H2,1H3,(H,19,21). The van der Waals surface area contributed by atoms with Gasteiger partial charge in [0.15, 0.2) is 6.61 Å². The van der Waals surface area contributed by atoms with E-state index >= 15 is 0 Å². The lowest BCUT2D eigenvalue weighted by Crippen LogP contribution is -2.43. The summed E-state index contributed by atoms with van der Waals surface area (Å²) >= 11 is 5.93. The second kappa shape index (κ2) is 6.80. The van der Waals surface area contributed by atoms with Crippen molar-refractivity contribution in [1.82, 2.24) is 0 Å². The van der Waals surface area contributed by atoms with Crippen molar-refractivity contribution in [2.75, 3.05) is 30.5 Å². The van der Waals surface area contributed by atoms with Crippen LogP contribution in [0.5, 0.6) is 11.5 Å². The predicted octanol–water partition coefficient (Wildman–Crippen LogP) is 2.71. The largest absolute Gasteiger partial charge is 0.497 e. The van der Waals surface area contributed by atoms with Gasteiger partial charge in [0.2, 0.25) is 5.91 Å². The molecule has 124 valence electrons. The molecule has 0 atom stereocenters. The molecule has 2 amide bonds. The fourth-order valence-corrected chi connectivity index (χ4v) is 2.56.